The van der Waals surface area contributed by atoms with Crippen LogP contribution >= 0.6 is 0 Å². The predicted molar refractivity (Wildman–Crippen MR) is 194 cm³/mol. The van der Waals surface area contributed by atoms with Crippen LogP contribution in [0.25, 0.3) is 22.3 Å². The van der Waals surface area contributed by atoms with Gasteiger partial charge in [0, 0.05) is 49.0 Å². The molecule has 2 aliphatic rings. The molecule has 0 bridgehead atoms. The highest BCUT2D eigenvalue weighted by Gasteiger charge is 2.34. The fourth-order valence-corrected chi connectivity index (χ4v) is 7.00. The van der Waals surface area contributed by atoms with Crippen LogP contribution in [0.15, 0.2) is 110 Å². The Bertz CT molecular complexity index is 2280. The Morgan fingerprint density at radius 1 is 0.784 bits per heavy atom. The SMILES string of the molecule is C=C1C[C@@H](c2nc3ccc(C#Cc4ccc(-c5cnc([C@@H]6CCCN6C(=O)Cc6ccncc6)[nH]5)cc4)cc3[nH]2)N(C(=O)Cc2ccncc2)C1. The first-order valence-electron chi connectivity index (χ1n) is 17.2. The zero-order valence-corrected chi connectivity index (χ0v) is 28.0. The van der Waals surface area contributed by atoms with Crippen LogP contribution in [0.4, 0.5) is 0 Å². The molecular formula is C41H36N8O2. The third-order valence-corrected chi connectivity index (χ3v) is 9.63. The van der Waals surface area contributed by atoms with Gasteiger partial charge in [0.15, 0.2) is 0 Å². The molecule has 2 saturated heterocycles. The van der Waals surface area contributed by atoms with Crippen LogP contribution in [0, 0.1) is 11.8 Å². The average molecular weight is 673 g/mol. The van der Waals surface area contributed by atoms with Gasteiger partial charge in [0.1, 0.15) is 11.6 Å². The molecule has 0 spiro atoms. The Hall–Kier alpha value is -6.34. The summed E-state index contributed by atoms with van der Waals surface area (Å²) in [6.07, 6.45) is 11.9. The van der Waals surface area contributed by atoms with E-state index in [9.17, 15) is 9.59 Å². The summed E-state index contributed by atoms with van der Waals surface area (Å²) in [5.41, 5.74) is 8.27. The molecule has 51 heavy (non-hydrogen) atoms. The van der Waals surface area contributed by atoms with Gasteiger partial charge in [-0.25, -0.2) is 9.97 Å². The number of fused-ring (bicyclic) bond motifs is 1. The first kappa shape index (κ1) is 31.9. The number of carbonyl (C=O) groups excluding carboxylic acids is 2. The van der Waals surface area contributed by atoms with Crippen LogP contribution in [0.2, 0.25) is 0 Å². The van der Waals surface area contributed by atoms with Crippen molar-refractivity contribution in [3.63, 3.8) is 0 Å². The summed E-state index contributed by atoms with van der Waals surface area (Å²) in [6, 6.07) is 21.3. The molecule has 0 radical (unpaired) electrons. The van der Waals surface area contributed by atoms with E-state index in [1.165, 1.54) is 0 Å². The maximum atomic E-state index is 13.3. The number of rotatable bonds is 7. The molecule has 0 unspecified atom stereocenters. The van der Waals surface area contributed by atoms with Crippen LogP contribution in [-0.2, 0) is 22.4 Å². The monoisotopic (exact) mass is 672 g/mol. The van der Waals surface area contributed by atoms with E-state index in [-0.39, 0.29) is 23.9 Å². The highest BCUT2D eigenvalue weighted by atomic mass is 16.2. The molecule has 252 valence electrons. The number of carbonyl (C=O) groups is 2. The smallest absolute Gasteiger partial charge is 0.227 e. The molecule has 6 aromatic rings. The van der Waals surface area contributed by atoms with E-state index in [0.717, 1.165) is 81.2 Å². The van der Waals surface area contributed by atoms with E-state index in [4.69, 9.17) is 4.98 Å². The zero-order valence-electron chi connectivity index (χ0n) is 28.0. The number of hydrogen-bond donors (Lipinski definition) is 2. The summed E-state index contributed by atoms with van der Waals surface area (Å²) in [6.45, 7) is 5.42. The lowest BCUT2D eigenvalue weighted by molar-refractivity contribution is -0.132. The topological polar surface area (TPSA) is 124 Å². The molecule has 2 N–H and O–H groups in total. The molecule has 6 heterocycles. The summed E-state index contributed by atoms with van der Waals surface area (Å²) in [4.78, 5) is 54.7. The molecule has 10 heteroatoms. The molecule has 10 nitrogen and oxygen atoms in total. The number of pyridine rings is 2. The minimum absolute atomic E-state index is 0.0422. The molecule has 0 aliphatic carbocycles. The lowest BCUT2D eigenvalue weighted by Crippen LogP contribution is -2.32. The van der Waals surface area contributed by atoms with E-state index in [1.807, 2.05) is 82.7 Å². The second-order valence-corrected chi connectivity index (χ2v) is 13.2. The van der Waals surface area contributed by atoms with E-state index >= 15 is 0 Å². The highest BCUT2D eigenvalue weighted by Crippen LogP contribution is 2.35. The Morgan fingerprint density at radius 3 is 2.18 bits per heavy atom. The van der Waals surface area contributed by atoms with Gasteiger partial charge in [-0.1, -0.05) is 36.1 Å². The molecule has 8 rings (SSSR count). The molecule has 2 atom stereocenters. The van der Waals surface area contributed by atoms with E-state index in [0.29, 0.717) is 25.8 Å². The molecule has 0 saturated carbocycles. The minimum atomic E-state index is -0.185. The maximum absolute atomic E-state index is 13.3. The number of aromatic amines is 2. The number of amides is 2. The predicted octanol–water partition coefficient (Wildman–Crippen LogP) is 6.12. The van der Waals surface area contributed by atoms with Gasteiger partial charge < -0.3 is 19.8 Å². The second-order valence-electron chi connectivity index (χ2n) is 13.2. The number of nitrogens with zero attached hydrogens (tertiary/aromatic N) is 6. The van der Waals surface area contributed by atoms with Crippen molar-refractivity contribution in [2.75, 3.05) is 13.1 Å². The first-order valence-corrected chi connectivity index (χ1v) is 17.2. The maximum Gasteiger partial charge on any atom is 0.227 e. The van der Waals surface area contributed by atoms with Crippen LogP contribution < -0.4 is 0 Å². The molecule has 2 aliphatic heterocycles. The van der Waals surface area contributed by atoms with Crippen molar-refractivity contribution in [1.82, 2.24) is 39.7 Å². The largest absolute Gasteiger partial charge is 0.340 e. The second kappa shape index (κ2) is 13.9. The lowest BCUT2D eigenvalue weighted by Gasteiger charge is -2.23. The van der Waals surface area contributed by atoms with Crippen LogP contribution in [0.1, 0.15) is 65.2 Å². The van der Waals surface area contributed by atoms with E-state index < -0.39 is 0 Å². The number of benzene rings is 2. The molecule has 2 aromatic carbocycles. The fourth-order valence-electron chi connectivity index (χ4n) is 7.00. The average Bonchev–Trinajstić information content (AvgIpc) is 3.97. The Kier molecular flexibility index (Phi) is 8.68. The molecular weight excluding hydrogens is 637 g/mol. The van der Waals surface area contributed by atoms with Crippen molar-refractivity contribution in [3.05, 3.63) is 144 Å². The zero-order chi connectivity index (χ0) is 34.7. The van der Waals surface area contributed by atoms with E-state index in [1.54, 1.807) is 24.8 Å². The van der Waals surface area contributed by atoms with Crippen molar-refractivity contribution in [2.24, 2.45) is 0 Å². The standard InChI is InChI=1S/C41H36N8O2/c1-27-21-37(49(26-27)39(51)24-31-14-18-43-19-15-31)41-45-33-11-8-29(22-34(33)46-41)5-4-28-6-9-32(10-7-28)35-25-44-40(47-35)36-3-2-20-48(36)38(50)23-30-12-16-42-17-13-30/h6-19,22,25,36-37H,1-3,20-21,23-24,26H2,(H,44,47)(H,45,46)/t36-,37-/m0/s1. The number of nitrogens with one attached hydrogen (secondary N) is 2. The summed E-state index contributed by atoms with van der Waals surface area (Å²) in [7, 11) is 0. The fraction of sp³-hybridized carbons (Fsp3) is 0.220. The number of aromatic nitrogens is 6. The van der Waals surface area contributed by atoms with Crippen molar-refractivity contribution < 1.29 is 9.59 Å². The molecule has 2 fully saturated rings. The Balaban J connectivity index is 0.932. The minimum Gasteiger partial charge on any atom is -0.340 e. The van der Waals surface area contributed by atoms with Crippen LogP contribution in [-0.4, -0.2) is 64.6 Å². The summed E-state index contributed by atoms with van der Waals surface area (Å²) >= 11 is 0. The quantitative estimate of drug-likeness (QED) is 0.156. The van der Waals surface area contributed by atoms with Gasteiger partial charge in [-0.05, 0) is 90.6 Å². The van der Waals surface area contributed by atoms with Crippen molar-refractivity contribution in [2.45, 2.75) is 44.2 Å². The van der Waals surface area contributed by atoms with E-state index in [2.05, 4.69) is 43.3 Å². The summed E-state index contributed by atoms with van der Waals surface area (Å²) in [5.74, 6) is 8.28. The number of likely N-dealkylation sites (tertiary alicyclic amines) is 2. The number of hydrogen-bond acceptors (Lipinski definition) is 6. The van der Waals surface area contributed by atoms with Gasteiger partial charge in [-0.15, -0.1) is 0 Å². The summed E-state index contributed by atoms with van der Waals surface area (Å²) < 4.78 is 0. The summed E-state index contributed by atoms with van der Waals surface area (Å²) in [5, 5.41) is 0. The first-order chi connectivity index (χ1) is 25.0. The van der Waals surface area contributed by atoms with Gasteiger partial charge >= 0.3 is 0 Å². The van der Waals surface area contributed by atoms with Crippen molar-refractivity contribution in [3.8, 4) is 23.1 Å². The van der Waals surface area contributed by atoms with Crippen LogP contribution in [0.5, 0.6) is 0 Å². The molecule has 4 aromatic heterocycles. The number of imidazole rings is 2. The lowest BCUT2D eigenvalue weighted by atomic mass is 10.1. The van der Waals surface area contributed by atoms with Crippen molar-refractivity contribution >= 4 is 22.8 Å². The number of H-pyrrole nitrogens is 2. The van der Waals surface area contributed by atoms with Gasteiger partial charge in [0.25, 0.3) is 0 Å². The Labute approximate surface area is 295 Å². The van der Waals surface area contributed by atoms with Crippen LogP contribution in [0.3, 0.4) is 0 Å². The normalized spacial score (nSPS) is 17.1. The Morgan fingerprint density at radius 2 is 1.45 bits per heavy atom. The molecule has 2 amide bonds. The van der Waals surface area contributed by atoms with Crippen molar-refractivity contribution in [1.29, 1.82) is 0 Å². The van der Waals surface area contributed by atoms with Gasteiger partial charge in [-0.2, -0.15) is 0 Å². The third kappa shape index (κ3) is 6.92. The highest BCUT2D eigenvalue weighted by molar-refractivity contribution is 5.81. The van der Waals surface area contributed by atoms with Gasteiger partial charge in [-0.3, -0.25) is 19.6 Å². The van der Waals surface area contributed by atoms with Gasteiger partial charge in [0.05, 0.1) is 47.8 Å². The third-order valence-electron chi connectivity index (χ3n) is 9.63. The van der Waals surface area contributed by atoms with Gasteiger partial charge in [0.2, 0.25) is 11.8 Å².